The van der Waals surface area contributed by atoms with Crippen LogP contribution in [0.3, 0.4) is 0 Å². The molecule has 1 saturated heterocycles. The third-order valence-corrected chi connectivity index (χ3v) is 5.60. The molecule has 0 radical (unpaired) electrons. The van der Waals surface area contributed by atoms with Gasteiger partial charge in [-0.3, -0.25) is 0 Å². The van der Waals surface area contributed by atoms with Crippen LogP contribution in [0.4, 0.5) is 0 Å². The maximum absolute atomic E-state index is 10.4. The molecule has 0 saturated carbocycles. The lowest BCUT2D eigenvalue weighted by molar-refractivity contribution is -0.278. The molecule has 1 aromatic carbocycles. The molecule has 0 bridgehead atoms. The van der Waals surface area contributed by atoms with Gasteiger partial charge < -0.3 is 35.0 Å². The predicted octanol–water partition coefficient (Wildman–Crippen LogP) is -0.612. The summed E-state index contributed by atoms with van der Waals surface area (Å²) in [5.74, 6) is 0.119. The number of rotatable bonds is 8. The number of nitrogens with zero attached hydrogens (tertiary/aromatic N) is 3. The predicted molar refractivity (Wildman–Crippen MR) is 113 cm³/mol. The first-order valence-corrected chi connectivity index (χ1v) is 10.5. The number of aliphatic hydroxyl groups excluding tert-OH is 5. The second kappa shape index (κ2) is 9.90. The largest absolute Gasteiger partial charge is 0.443 e. The minimum atomic E-state index is -1.56. The van der Waals surface area contributed by atoms with E-state index in [-0.39, 0.29) is 19.0 Å². The van der Waals surface area contributed by atoms with E-state index in [0.717, 1.165) is 17.5 Å². The molecule has 0 amide bonds. The van der Waals surface area contributed by atoms with Gasteiger partial charge in [-0.25, -0.2) is 9.67 Å². The Balaban J connectivity index is 1.67. The van der Waals surface area contributed by atoms with Crippen molar-refractivity contribution in [3.8, 4) is 5.88 Å². The van der Waals surface area contributed by atoms with Crippen molar-refractivity contribution in [2.24, 2.45) is 0 Å². The Kier molecular flexibility index (Phi) is 6.99. The van der Waals surface area contributed by atoms with Crippen LogP contribution in [-0.4, -0.2) is 84.2 Å². The van der Waals surface area contributed by atoms with Gasteiger partial charge >= 0.3 is 0 Å². The molecule has 172 valence electrons. The minimum Gasteiger partial charge on any atom is -0.443 e. The Hall–Kier alpha value is -2.60. The van der Waals surface area contributed by atoms with Crippen LogP contribution < -0.4 is 4.74 Å². The van der Waals surface area contributed by atoms with Gasteiger partial charge in [0.05, 0.1) is 25.1 Å². The summed E-state index contributed by atoms with van der Waals surface area (Å²) in [5, 5.41) is 54.3. The van der Waals surface area contributed by atoms with Gasteiger partial charge in [-0.2, -0.15) is 0 Å². The van der Waals surface area contributed by atoms with E-state index in [0.29, 0.717) is 17.5 Å². The average molecular weight is 445 g/mol. The summed E-state index contributed by atoms with van der Waals surface area (Å²) in [6.45, 7) is -0.537. The molecule has 5 atom stereocenters. The lowest BCUT2D eigenvalue weighted by Gasteiger charge is -2.39. The van der Waals surface area contributed by atoms with Gasteiger partial charge in [0.25, 0.3) is 0 Å². The van der Waals surface area contributed by atoms with Crippen molar-refractivity contribution in [2.75, 3.05) is 13.2 Å². The number of hydrogen-bond donors (Lipinski definition) is 5. The summed E-state index contributed by atoms with van der Waals surface area (Å²) in [6.07, 6.45) is -3.98. The zero-order valence-electron chi connectivity index (χ0n) is 17.4. The standard InChI is InChI=1S/C22H27N3O7/c26-11-10-25-20-16(14(8-9-23-20)7-6-13-4-2-1-3-5-13)21(24-25)32-22-19(30)18(29)17(28)15(12-27)31-22/h1-5,8-9,15,17-19,22,26-30H,6-7,10-12H2/t15-,17-,18+,19-,22+/m1/s1. The van der Waals surface area contributed by atoms with Crippen molar-refractivity contribution in [3.63, 3.8) is 0 Å². The van der Waals surface area contributed by atoms with Crippen molar-refractivity contribution < 1.29 is 35.0 Å². The zero-order chi connectivity index (χ0) is 22.7. The van der Waals surface area contributed by atoms with Crippen molar-refractivity contribution in [1.82, 2.24) is 14.8 Å². The normalized spacial score (nSPS) is 25.8. The van der Waals surface area contributed by atoms with Crippen molar-refractivity contribution in [3.05, 3.63) is 53.7 Å². The highest BCUT2D eigenvalue weighted by Crippen LogP contribution is 2.31. The van der Waals surface area contributed by atoms with Gasteiger partial charge in [-0.05, 0) is 30.0 Å². The molecule has 5 N–H and O–H groups in total. The summed E-state index contributed by atoms with van der Waals surface area (Å²) in [7, 11) is 0. The maximum atomic E-state index is 10.4. The maximum Gasteiger partial charge on any atom is 0.245 e. The average Bonchev–Trinajstić information content (AvgIpc) is 3.16. The lowest BCUT2D eigenvalue weighted by atomic mass is 9.99. The molecule has 1 aliphatic heterocycles. The minimum absolute atomic E-state index is 0.119. The van der Waals surface area contributed by atoms with Gasteiger partial charge in [0, 0.05) is 6.20 Å². The molecule has 0 spiro atoms. The summed E-state index contributed by atoms with van der Waals surface area (Å²) >= 11 is 0. The third-order valence-electron chi connectivity index (χ3n) is 5.60. The molecule has 10 nitrogen and oxygen atoms in total. The van der Waals surface area contributed by atoms with Gasteiger partial charge in [0.2, 0.25) is 12.2 Å². The first-order chi connectivity index (χ1) is 15.5. The molecule has 2 aromatic heterocycles. The van der Waals surface area contributed by atoms with Crippen LogP contribution in [0.5, 0.6) is 5.88 Å². The highest BCUT2D eigenvalue weighted by atomic mass is 16.7. The van der Waals surface area contributed by atoms with Crippen LogP contribution in [0.1, 0.15) is 11.1 Å². The quantitative estimate of drug-likeness (QED) is 0.306. The highest BCUT2D eigenvalue weighted by molar-refractivity contribution is 5.85. The Bertz CT molecular complexity index is 1030. The number of aromatic nitrogens is 3. The number of aliphatic hydroxyl groups is 5. The van der Waals surface area contributed by atoms with E-state index >= 15 is 0 Å². The van der Waals surface area contributed by atoms with Gasteiger partial charge in [0.15, 0.2) is 5.65 Å². The molecule has 3 aromatic rings. The van der Waals surface area contributed by atoms with Crippen LogP contribution in [-0.2, 0) is 24.1 Å². The zero-order valence-corrected chi connectivity index (χ0v) is 17.4. The first-order valence-electron chi connectivity index (χ1n) is 10.5. The topological polar surface area (TPSA) is 150 Å². The van der Waals surface area contributed by atoms with Crippen LogP contribution in [0.25, 0.3) is 11.0 Å². The van der Waals surface area contributed by atoms with Crippen LogP contribution in [0.15, 0.2) is 42.6 Å². The Morgan fingerprint density at radius 3 is 2.47 bits per heavy atom. The summed E-state index contributed by atoms with van der Waals surface area (Å²) in [6, 6.07) is 11.8. The van der Waals surface area contributed by atoms with Gasteiger partial charge in [-0.1, -0.05) is 30.3 Å². The molecule has 10 heteroatoms. The van der Waals surface area contributed by atoms with E-state index in [1.807, 2.05) is 36.4 Å². The smallest absolute Gasteiger partial charge is 0.245 e. The fraction of sp³-hybridized carbons (Fsp3) is 0.455. The Morgan fingerprint density at radius 2 is 1.75 bits per heavy atom. The van der Waals surface area contributed by atoms with Crippen molar-refractivity contribution >= 4 is 11.0 Å². The summed E-state index contributed by atoms with van der Waals surface area (Å²) in [5.41, 5.74) is 2.57. The van der Waals surface area contributed by atoms with Crippen LogP contribution >= 0.6 is 0 Å². The van der Waals surface area contributed by atoms with E-state index in [1.165, 1.54) is 4.68 Å². The molecule has 1 aliphatic rings. The number of benzene rings is 1. The monoisotopic (exact) mass is 445 g/mol. The SMILES string of the molecule is OCCn1nc(O[C@@H]2O[C@H](CO)[C@@H](O)[C@H](O)[C@H]2O)c2c(CCc3ccccc3)ccnc21. The molecule has 0 unspecified atom stereocenters. The van der Waals surface area contributed by atoms with Crippen LogP contribution in [0, 0.1) is 0 Å². The molecular weight excluding hydrogens is 418 g/mol. The molecule has 1 fully saturated rings. The Labute approximate surface area is 184 Å². The summed E-state index contributed by atoms with van der Waals surface area (Å²) in [4.78, 5) is 4.38. The number of hydrogen-bond acceptors (Lipinski definition) is 9. The highest BCUT2D eigenvalue weighted by Gasteiger charge is 2.45. The van der Waals surface area contributed by atoms with E-state index in [1.54, 1.807) is 6.20 Å². The second-order valence-corrected chi connectivity index (χ2v) is 7.72. The molecule has 0 aliphatic carbocycles. The molecule has 3 heterocycles. The fourth-order valence-electron chi connectivity index (χ4n) is 3.86. The van der Waals surface area contributed by atoms with E-state index in [4.69, 9.17) is 9.47 Å². The van der Waals surface area contributed by atoms with Crippen molar-refractivity contribution in [2.45, 2.75) is 50.1 Å². The van der Waals surface area contributed by atoms with E-state index in [9.17, 15) is 25.5 Å². The Morgan fingerprint density at radius 1 is 0.969 bits per heavy atom. The second-order valence-electron chi connectivity index (χ2n) is 7.72. The number of fused-ring (bicyclic) bond motifs is 1. The molecule has 4 rings (SSSR count). The van der Waals surface area contributed by atoms with Crippen molar-refractivity contribution in [1.29, 1.82) is 0 Å². The molecule has 32 heavy (non-hydrogen) atoms. The number of ether oxygens (including phenoxy) is 2. The van der Waals surface area contributed by atoms with Gasteiger partial charge in [-0.15, -0.1) is 5.10 Å². The van der Waals surface area contributed by atoms with Crippen LogP contribution in [0.2, 0.25) is 0 Å². The van der Waals surface area contributed by atoms with E-state index in [2.05, 4.69) is 10.1 Å². The number of aryl methyl sites for hydroxylation is 2. The third kappa shape index (κ3) is 4.46. The molecular formula is C22H27N3O7. The fourth-order valence-corrected chi connectivity index (χ4v) is 3.86. The summed E-state index contributed by atoms with van der Waals surface area (Å²) < 4.78 is 12.8. The van der Waals surface area contributed by atoms with Gasteiger partial charge in [0.1, 0.15) is 24.4 Å². The van der Waals surface area contributed by atoms with E-state index < -0.39 is 37.3 Å². The number of pyridine rings is 1. The first kappa shape index (κ1) is 22.6. The lowest BCUT2D eigenvalue weighted by Crippen LogP contribution is -2.60.